The second kappa shape index (κ2) is 8.94. The van der Waals surface area contributed by atoms with Gasteiger partial charge < -0.3 is 10.6 Å². The van der Waals surface area contributed by atoms with Gasteiger partial charge in [0.1, 0.15) is 0 Å². The lowest BCUT2D eigenvalue weighted by molar-refractivity contribution is 1.01. The van der Waals surface area contributed by atoms with Gasteiger partial charge in [0.2, 0.25) is 0 Å². The molecule has 0 saturated heterocycles. The lowest BCUT2D eigenvalue weighted by atomic mass is 10.0. The fourth-order valence-corrected chi connectivity index (χ4v) is 2.67. The zero-order chi connectivity index (χ0) is 19.1. The summed E-state index contributed by atoms with van der Waals surface area (Å²) in [7, 11) is 0. The van der Waals surface area contributed by atoms with Crippen molar-refractivity contribution in [3.8, 4) is 0 Å². The fourth-order valence-electron chi connectivity index (χ4n) is 2.67. The predicted octanol–water partition coefficient (Wildman–Crippen LogP) is 6.17. The van der Waals surface area contributed by atoms with E-state index in [9.17, 15) is 0 Å². The number of allylic oxidation sites excluding steroid dienone is 5. The number of nitrogens with one attached hydrogen (secondary N) is 2. The Balaban J connectivity index is 2.28. The monoisotopic (exact) mass is 344 g/mol. The van der Waals surface area contributed by atoms with Crippen LogP contribution in [-0.4, -0.2) is 0 Å². The minimum absolute atomic E-state index is 0.865. The molecule has 0 radical (unpaired) electrons. The highest BCUT2D eigenvalue weighted by Crippen LogP contribution is 2.24. The van der Waals surface area contributed by atoms with Gasteiger partial charge in [0.05, 0.1) is 0 Å². The van der Waals surface area contributed by atoms with Gasteiger partial charge in [-0.15, -0.1) is 5.73 Å². The first-order valence-corrected chi connectivity index (χ1v) is 8.94. The molecule has 1 aromatic rings. The summed E-state index contributed by atoms with van der Waals surface area (Å²) < 4.78 is 0. The normalized spacial score (nSPS) is 14.0. The van der Waals surface area contributed by atoms with Crippen molar-refractivity contribution in [2.75, 3.05) is 5.32 Å². The third-order valence-electron chi connectivity index (χ3n) is 4.48. The largest absolute Gasteiger partial charge is 0.355 e. The molecule has 2 nitrogen and oxygen atoms in total. The minimum Gasteiger partial charge on any atom is -0.355 e. The first-order chi connectivity index (χ1) is 12.5. The Kier molecular flexibility index (Phi) is 6.66. The van der Waals surface area contributed by atoms with Crippen LogP contribution in [0.3, 0.4) is 0 Å². The molecule has 0 amide bonds. The number of aryl methyl sites for hydroxylation is 1. The number of hydrogen-bond donors (Lipinski definition) is 2. The summed E-state index contributed by atoms with van der Waals surface area (Å²) >= 11 is 0. The van der Waals surface area contributed by atoms with Crippen LogP contribution in [0.2, 0.25) is 0 Å². The van der Waals surface area contributed by atoms with Crippen LogP contribution in [0.25, 0.3) is 0 Å². The van der Waals surface area contributed by atoms with E-state index in [1.54, 1.807) is 0 Å². The van der Waals surface area contributed by atoms with Gasteiger partial charge in [0, 0.05) is 34.4 Å². The molecule has 0 atom stereocenters. The summed E-state index contributed by atoms with van der Waals surface area (Å²) in [6.45, 7) is 16.6. The first-order valence-electron chi connectivity index (χ1n) is 8.94. The van der Waals surface area contributed by atoms with E-state index in [4.69, 9.17) is 0 Å². The molecule has 0 aliphatic heterocycles. The van der Waals surface area contributed by atoms with Crippen LogP contribution in [0.5, 0.6) is 0 Å². The zero-order valence-electron chi connectivity index (χ0n) is 16.2. The second-order valence-corrected chi connectivity index (χ2v) is 6.34. The molecule has 1 aliphatic rings. The van der Waals surface area contributed by atoms with E-state index in [2.05, 4.69) is 67.6 Å². The fraction of sp³-hybridized carbons (Fsp3) is 0.208. The molecular weight excluding hydrogens is 316 g/mol. The third-order valence-corrected chi connectivity index (χ3v) is 4.48. The highest BCUT2D eigenvalue weighted by atomic mass is 14.9. The predicted molar refractivity (Wildman–Crippen MR) is 114 cm³/mol. The van der Waals surface area contributed by atoms with Gasteiger partial charge in [-0.1, -0.05) is 44.4 Å². The van der Waals surface area contributed by atoms with E-state index < -0.39 is 0 Å². The summed E-state index contributed by atoms with van der Waals surface area (Å²) in [6.07, 6.45) is 9.00. The lowest BCUT2D eigenvalue weighted by Crippen LogP contribution is -2.12. The molecule has 2 heteroatoms. The summed E-state index contributed by atoms with van der Waals surface area (Å²) in [5.41, 5.74) is 11.5. The van der Waals surface area contributed by atoms with Crippen LogP contribution in [0, 0.1) is 0 Å². The third kappa shape index (κ3) is 4.78. The number of hydrogen-bond acceptors (Lipinski definition) is 2. The zero-order valence-corrected chi connectivity index (χ0v) is 16.2. The van der Waals surface area contributed by atoms with Gasteiger partial charge in [0.15, 0.2) is 0 Å². The first kappa shape index (κ1) is 19.4. The van der Waals surface area contributed by atoms with Crippen molar-refractivity contribution in [3.63, 3.8) is 0 Å². The standard InChI is InChI=1S/C24H28N2/c1-7-17(3)19(5)25-22-14-11-12-18(4)23(16-22)20(6)26-24-15-10-9-13-21(24)8-2/h7,9-10,12-16,25-26H,5-6,8H2,1-4H3/b17-7+. The second-order valence-electron chi connectivity index (χ2n) is 6.34. The molecule has 2 rings (SSSR count). The van der Waals surface area contributed by atoms with Gasteiger partial charge in [-0.05, 0) is 62.1 Å². The van der Waals surface area contributed by atoms with Crippen molar-refractivity contribution in [1.82, 2.24) is 5.32 Å². The van der Waals surface area contributed by atoms with E-state index in [0.29, 0.717) is 0 Å². The van der Waals surface area contributed by atoms with Crippen molar-refractivity contribution < 1.29 is 0 Å². The van der Waals surface area contributed by atoms with Crippen molar-refractivity contribution in [1.29, 1.82) is 0 Å². The molecule has 2 N–H and O–H groups in total. The van der Waals surface area contributed by atoms with Crippen LogP contribution in [0.15, 0.2) is 101 Å². The average molecular weight is 345 g/mol. The quantitative estimate of drug-likeness (QED) is 0.456. The van der Waals surface area contributed by atoms with Gasteiger partial charge >= 0.3 is 0 Å². The molecule has 1 aliphatic carbocycles. The highest BCUT2D eigenvalue weighted by molar-refractivity contribution is 5.61. The minimum atomic E-state index is 0.865. The Hall–Kier alpha value is -2.96. The maximum atomic E-state index is 4.27. The maximum Gasteiger partial charge on any atom is 0.0469 e. The number of para-hydroxylation sites is 1. The van der Waals surface area contributed by atoms with Gasteiger partial charge in [-0.25, -0.2) is 0 Å². The molecule has 0 aromatic heterocycles. The summed E-state index contributed by atoms with van der Waals surface area (Å²) in [5, 5.41) is 6.84. The Labute approximate surface area is 157 Å². The van der Waals surface area contributed by atoms with E-state index in [1.165, 1.54) is 5.56 Å². The molecule has 134 valence electrons. The molecule has 0 saturated carbocycles. The Morgan fingerprint density at radius 1 is 1.15 bits per heavy atom. The lowest BCUT2D eigenvalue weighted by Gasteiger charge is -2.16. The van der Waals surface area contributed by atoms with Crippen LogP contribution in [-0.2, 0) is 6.42 Å². The van der Waals surface area contributed by atoms with E-state index >= 15 is 0 Å². The average Bonchev–Trinajstić information content (AvgIpc) is 2.82. The Bertz CT molecular complexity index is 869. The summed E-state index contributed by atoms with van der Waals surface area (Å²) in [5.74, 6) is 0. The van der Waals surface area contributed by atoms with Gasteiger partial charge in [-0.3, -0.25) is 0 Å². The Morgan fingerprint density at radius 2 is 1.88 bits per heavy atom. The molecular formula is C24H28N2. The van der Waals surface area contributed by atoms with E-state index in [1.807, 2.05) is 38.1 Å². The molecule has 0 bridgehead atoms. The molecule has 0 unspecified atom stereocenters. The maximum absolute atomic E-state index is 4.27. The molecule has 26 heavy (non-hydrogen) atoms. The van der Waals surface area contributed by atoms with Crippen LogP contribution in [0.4, 0.5) is 5.69 Å². The van der Waals surface area contributed by atoms with Crippen molar-refractivity contribution in [2.45, 2.75) is 34.1 Å². The van der Waals surface area contributed by atoms with E-state index in [-0.39, 0.29) is 0 Å². The molecule has 0 fully saturated rings. The Morgan fingerprint density at radius 3 is 2.58 bits per heavy atom. The molecule has 0 heterocycles. The van der Waals surface area contributed by atoms with Crippen LogP contribution in [0.1, 0.15) is 33.3 Å². The summed E-state index contributed by atoms with van der Waals surface area (Å²) in [4.78, 5) is 0. The number of rotatable bonds is 7. The number of benzene rings is 1. The van der Waals surface area contributed by atoms with Crippen molar-refractivity contribution in [2.24, 2.45) is 0 Å². The SMILES string of the molecule is C=C(Nc1ccccc1CC)C1=C(C)C=C=CC(NC(=C)/C(C)=C/C)=C1. The topological polar surface area (TPSA) is 24.1 Å². The van der Waals surface area contributed by atoms with Gasteiger partial charge in [-0.2, -0.15) is 0 Å². The van der Waals surface area contributed by atoms with Crippen molar-refractivity contribution >= 4 is 5.69 Å². The molecule has 0 spiro atoms. The highest BCUT2D eigenvalue weighted by Gasteiger charge is 2.09. The van der Waals surface area contributed by atoms with Crippen LogP contribution < -0.4 is 10.6 Å². The van der Waals surface area contributed by atoms with Gasteiger partial charge in [0.25, 0.3) is 0 Å². The number of anilines is 1. The van der Waals surface area contributed by atoms with E-state index in [0.717, 1.165) is 45.9 Å². The smallest absolute Gasteiger partial charge is 0.0469 e. The molecule has 1 aromatic carbocycles. The van der Waals surface area contributed by atoms with Crippen LogP contribution >= 0.6 is 0 Å². The van der Waals surface area contributed by atoms with Crippen molar-refractivity contribution in [3.05, 3.63) is 107 Å². The summed E-state index contributed by atoms with van der Waals surface area (Å²) in [6, 6.07) is 8.33.